The van der Waals surface area contributed by atoms with Gasteiger partial charge in [0.2, 0.25) is 0 Å². The van der Waals surface area contributed by atoms with Crippen LogP contribution in [0.25, 0.3) is 114 Å². The Kier molecular flexibility index (Phi) is 8.76. The molecular weight excluding hydrogens is 845 g/mol. The highest BCUT2D eigenvalue weighted by molar-refractivity contribution is 7.25. The molecule has 0 fully saturated rings. The summed E-state index contributed by atoms with van der Waals surface area (Å²) in [7, 11) is 0. The van der Waals surface area contributed by atoms with Crippen molar-refractivity contribution in [3.05, 3.63) is 243 Å². The van der Waals surface area contributed by atoms with Crippen molar-refractivity contribution in [2.24, 2.45) is 0 Å². The van der Waals surface area contributed by atoms with Crippen LogP contribution in [0.2, 0.25) is 0 Å². The minimum absolute atomic E-state index is 0.858. The van der Waals surface area contributed by atoms with E-state index in [9.17, 15) is 0 Å². The lowest BCUT2D eigenvalue weighted by atomic mass is 9.96. The summed E-state index contributed by atoms with van der Waals surface area (Å²) in [4.78, 5) is 2.46. The number of thiophene rings is 1. The topological polar surface area (TPSA) is 21.3 Å². The van der Waals surface area contributed by atoms with E-state index in [0.29, 0.717) is 0 Å². The van der Waals surface area contributed by atoms with Crippen molar-refractivity contribution in [3.63, 3.8) is 0 Å². The van der Waals surface area contributed by atoms with Gasteiger partial charge in [-0.2, -0.15) is 0 Å². The predicted octanol–water partition coefficient (Wildman–Crippen LogP) is 18.7. The van der Waals surface area contributed by atoms with Crippen molar-refractivity contribution in [1.29, 1.82) is 0 Å². The van der Waals surface area contributed by atoms with E-state index >= 15 is 0 Å². The molecule has 0 N–H and O–H groups in total. The molecule has 68 heavy (non-hydrogen) atoms. The monoisotopic (exact) mass is 884 g/mol. The van der Waals surface area contributed by atoms with Crippen LogP contribution < -0.4 is 4.90 Å². The Morgan fingerprint density at radius 3 is 1.85 bits per heavy atom. The third-order valence-corrected chi connectivity index (χ3v) is 14.9. The van der Waals surface area contributed by atoms with Gasteiger partial charge in [0.15, 0.2) is 0 Å². The van der Waals surface area contributed by atoms with Crippen molar-refractivity contribution in [2.45, 2.75) is 0 Å². The molecule has 14 aromatic rings. The highest BCUT2D eigenvalue weighted by Gasteiger charge is 2.24. The van der Waals surface area contributed by atoms with Crippen LogP contribution in [0.5, 0.6) is 0 Å². The van der Waals surface area contributed by atoms with Gasteiger partial charge in [0.05, 0.1) is 22.4 Å². The SMILES string of the molecule is c1cc(-c2ccc3ccccc3c2)cc(N(c2cc(-c3ccccc3-n3c4ccccc4c4ccccc43)c3oc4ccccc4c3c2)c2ccccc2-c2ccc3sc4ccccc4c3c2)c1. The number of hydrogen-bond donors (Lipinski definition) is 0. The van der Waals surface area contributed by atoms with Gasteiger partial charge in [-0.25, -0.2) is 0 Å². The van der Waals surface area contributed by atoms with E-state index < -0.39 is 0 Å². The van der Waals surface area contributed by atoms with E-state index in [0.717, 1.165) is 78.0 Å². The molecule has 4 heteroatoms. The molecule has 0 bridgehead atoms. The number of hydrogen-bond acceptors (Lipinski definition) is 3. The maximum Gasteiger partial charge on any atom is 0.143 e. The number of aromatic nitrogens is 1. The number of benzene rings is 11. The van der Waals surface area contributed by atoms with Gasteiger partial charge in [-0.05, 0) is 106 Å². The minimum Gasteiger partial charge on any atom is -0.455 e. The van der Waals surface area contributed by atoms with Crippen LogP contribution in [0.15, 0.2) is 247 Å². The van der Waals surface area contributed by atoms with E-state index in [-0.39, 0.29) is 0 Å². The van der Waals surface area contributed by atoms with Crippen LogP contribution in [0.4, 0.5) is 17.1 Å². The van der Waals surface area contributed by atoms with Crippen molar-refractivity contribution in [3.8, 4) is 39.1 Å². The van der Waals surface area contributed by atoms with E-state index in [4.69, 9.17) is 4.42 Å². The van der Waals surface area contributed by atoms with Gasteiger partial charge in [-0.1, -0.05) is 164 Å². The maximum absolute atomic E-state index is 6.98. The minimum atomic E-state index is 0.858. The molecule has 0 saturated carbocycles. The Labute approximate surface area is 396 Å². The second kappa shape index (κ2) is 15.5. The zero-order valence-electron chi connectivity index (χ0n) is 36.8. The third-order valence-electron chi connectivity index (χ3n) is 13.8. The number of furan rings is 1. The average Bonchev–Trinajstić information content (AvgIpc) is 4.08. The summed E-state index contributed by atoms with van der Waals surface area (Å²) in [6.45, 7) is 0. The summed E-state index contributed by atoms with van der Waals surface area (Å²) in [6.07, 6.45) is 0. The molecule has 0 aliphatic rings. The highest BCUT2D eigenvalue weighted by atomic mass is 32.1. The second-order valence-electron chi connectivity index (χ2n) is 17.6. The molecule has 11 aromatic carbocycles. The fraction of sp³-hybridized carbons (Fsp3) is 0. The first-order valence-corrected chi connectivity index (χ1v) is 24.0. The summed E-state index contributed by atoms with van der Waals surface area (Å²) in [5.74, 6) is 0. The molecule has 0 amide bonds. The van der Waals surface area contributed by atoms with Crippen LogP contribution in [-0.4, -0.2) is 4.57 Å². The van der Waals surface area contributed by atoms with Gasteiger partial charge < -0.3 is 13.9 Å². The molecule has 0 radical (unpaired) electrons. The zero-order chi connectivity index (χ0) is 44.7. The molecule has 0 unspecified atom stereocenters. The standard InChI is InChI=1S/C64H40N2OS/c1-2-17-42-36-44(33-32-41(42)16-1)43-18-15-19-46(37-43)65(57-26-9-3-20-48(57)45-34-35-63-54(38-45)53-25-8-14-31-62(53)68-63)47-39-55(64-56(40-47)52-24-7-13-30-61(52)67-64)51-23-6-12-29-60(51)66-58-27-10-4-21-49(58)50-22-5-11-28-59(50)66/h1-40H. The summed E-state index contributed by atoms with van der Waals surface area (Å²) >= 11 is 1.85. The maximum atomic E-state index is 6.98. The van der Waals surface area contributed by atoms with Crippen LogP contribution >= 0.6 is 11.3 Å². The molecule has 0 aliphatic heterocycles. The van der Waals surface area contributed by atoms with Gasteiger partial charge in [-0.3, -0.25) is 0 Å². The summed E-state index contributed by atoms with van der Waals surface area (Å²) < 4.78 is 12.0. The Morgan fingerprint density at radius 1 is 0.353 bits per heavy atom. The van der Waals surface area contributed by atoms with E-state index in [1.54, 1.807) is 0 Å². The van der Waals surface area contributed by atoms with Gasteiger partial charge in [-0.15, -0.1) is 11.3 Å². The van der Waals surface area contributed by atoms with Crippen LogP contribution in [0.1, 0.15) is 0 Å². The van der Waals surface area contributed by atoms with Crippen LogP contribution in [0, 0.1) is 0 Å². The number of nitrogens with zero attached hydrogens (tertiary/aromatic N) is 2. The van der Waals surface area contributed by atoms with Crippen molar-refractivity contribution >= 4 is 103 Å². The molecule has 0 spiro atoms. The fourth-order valence-corrected chi connectivity index (χ4v) is 11.7. The highest BCUT2D eigenvalue weighted by Crippen LogP contribution is 2.48. The normalized spacial score (nSPS) is 11.8. The Bertz CT molecular complexity index is 4250. The molecule has 3 nitrogen and oxygen atoms in total. The number of rotatable bonds is 7. The smallest absolute Gasteiger partial charge is 0.143 e. The summed E-state index contributed by atoms with van der Waals surface area (Å²) in [5, 5.41) is 9.60. The Morgan fingerprint density at radius 2 is 1.00 bits per heavy atom. The van der Waals surface area contributed by atoms with Crippen LogP contribution in [-0.2, 0) is 0 Å². The van der Waals surface area contributed by atoms with Crippen molar-refractivity contribution in [1.82, 2.24) is 4.57 Å². The van der Waals surface area contributed by atoms with Gasteiger partial charge in [0.1, 0.15) is 11.2 Å². The number of fused-ring (bicyclic) bond motifs is 10. The van der Waals surface area contributed by atoms with Crippen molar-refractivity contribution < 1.29 is 4.42 Å². The molecule has 0 atom stereocenters. The first kappa shape index (κ1) is 38.6. The lowest BCUT2D eigenvalue weighted by molar-refractivity contribution is 0.670. The molecular formula is C64H40N2OS. The molecule has 0 aliphatic carbocycles. The molecule has 3 aromatic heterocycles. The van der Waals surface area contributed by atoms with E-state index in [1.165, 1.54) is 52.8 Å². The van der Waals surface area contributed by atoms with E-state index in [1.807, 2.05) is 11.3 Å². The zero-order valence-corrected chi connectivity index (χ0v) is 37.6. The Balaban J connectivity index is 1.05. The summed E-state index contributed by atoms with van der Waals surface area (Å²) in [5.41, 5.74) is 15.0. The number of anilines is 3. The van der Waals surface area contributed by atoms with Gasteiger partial charge in [0, 0.05) is 69.8 Å². The first-order chi connectivity index (χ1) is 33.7. The Hall–Kier alpha value is -8.70. The first-order valence-electron chi connectivity index (χ1n) is 23.2. The van der Waals surface area contributed by atoms with E-state index in [2.05, 4.69) is 252 Å². The number of para-hydroxylation sites is 5. The van der Waals surface area contributed by atoms with Gasteiger partial charge in [0.25, 0.3) is 0 Å². The predicted molar refractivity (Wildman–Crippen MR) is 289 cm³/mol. The molecule has 0 saturated heterocycles. The fourth-order valence-electron chi connectivity index (χ4n) is 10.6. The van der Waals surface area contributed by atoms with Crippen molar-refractivity contribution in [2.75, 3.05) is 4.90 Å². The average molecular weight is 885 g/mol. The lowest BCUT2D eigenvalue weighted by Crippen LogP contribution is -2.11. The third kappa shape index (κ3) is 6.12. The quantitative estimate of drug-likeness (QED) is 0.159. The largest absolute Gasteiger partial charge is 0.455 e. The molecule has 14 rings (SSSR count). The van der Waals surface area contributed by atoms with Gasteiger partial charge >= 0.3 is 0 Å². The molecule has 318 valence electrons. The lowest BCUT2D eigenvalue weighted by Gasteiger charge is -2.29. The summed E-state index contributed by atoms with van der Waals surface area (Å²) in [6, 6.07) is 88.4. The second-order valence-corrected chi connectivity index (χ2v) is 18.7. The van der Waals surface area contributed by atoms with Crippen LogP contribution in [0.3, 0.4) is 0 Å². The molecule has 3 heterocycles.